The first-order valence-electron chi connectivity index (χ1n) is 13.8. The summed E-state index contributed by atoms with van der Waals surface area (Å²) in [6, 6.07) is 13.0. The highest BCUT2D eigenvalue weighted by atomic mass is 19.4. The predicted molar refractivity (Wildman–Crippen MR) is 156 cm³/mol. The van der Waals surface area contributed by atoms with Crippen LogP contribution in [-0.2, 0) is 11.0 Å². The van der Waals surface area contributed by atoms with Gasteiger partial charge in [-0.25, -0.2) is 0 Å². The third-order valence-electron chi connectivity index (χ3n) is 8.70. The van der Waals surface area contributed by atoms with E-state index in [1.165, 1.54) is 11.6 Å². The van der Waals surface area contributed by atoms with Gasteiger partial charge < -0.3 is 15.1 Å². The molecule has 2 atom stereocenters. The molecule has 212 valence electrons. The zero-order chi connectivity index (χ0) is 29.5. The molecule has 0 aliphatic carbocycles. The summed E-state index contributed by atoms with van der Waals surface area (Å²) >= 11 is 0. The van der Waals surface area contributed by atoms with E-state index < -0.39 is 23.2 Å². The van der Waals surface area contributed by atoms with Gasteiger partial charge in [0.15, 0.2) is 0 Å². The Labute approximate surface area is 237 Å². The quantitative estimate of drug-likeness (QED) is 0.485. The van der Waals surface area contributed by atoms with Gasteiger partial charge in [0, 0.05) is 44.0 Å². The molecule has 1 N–H and O–H groups in total. The normalized spacial score (nSPS) is 20.4. The number of amides is 1. The molecule has 4 rings (SSSR count). The Hall–Kier alpha value is -3.16. The summed E-state index contributed by atoms with van der Waals surface area (Å²) in [6.45, 7) is 16.2. The molecule has 8 heteroatoms. The molecule has 0 saturated carbocycles. The van der Waals surface area contributed by atoms with Crippen molar-refractivity contribution in [2.45, 2.75) is 58.2 Å². The van der Waals surface area contributed by atoms with Crippen LogP contribution in [0.3, 0.4) is 0 Å². The van der Waals surface area contributed by atoms with Crippen molar-refractivity contribution in [3.05, 3.63) is 84.1 Å². The Balaban J connectivity index is 1.53. The Morgan fingerprint density at radius 3 is 2.30 bits per heavy atom. The van der Waals surface area contributed by atoms with Crippen LogP contribution in [0.15, 0.2) is 67.4 Å². The zero-order valence-electron chi connectivity index (χ0n) is 23.9. The number of hydrogen-bond acceptors (Lipinski definition) is 3. The fourth-order valence-electron chi connectivity index (χ4n) is 6.18. The average molecular weight is 549 g/mol. The van der Waals surface area contributed by atoms with Crippen LogP contribution in [-0.4, -0.2) is 56.3 Å². The van der Waals surface area contributed by atoms with Gasteiger partial charge in [-0.2, -0.15) is 13.2 Å². The van der Waals surface area contributed by atoms with Gasteiger partial charge in [0.25, 0.3) is 0 Å². The molecular weight excluding hydrogens is 510 g/mol. The van der Waals surface area contributed by atoms with E-state index in [0.29, 0.717) is 19.0 Å². The van der Waals surface area contributed by atoms with E-state index in [1.54, 1.807) is 0 Å². The maximum atomic E-state index is 13.9. The molecule has 40 heavy (non-hydrogen) atoms. The first-order valence-corrected chi connectivity index (χ1v) is 13.8. The molecule has 4 nitrogen and oxygen atoms in total. The second-order valence-electron chi connectivity index (χ2n) is 12.5. The highest BCUT2D eigenvalue weighted by Crippen LogP contribution is 2.52. The minimum Gasteiger partial charge on any atom is -0.378 e. The molecule has 0 aromatic heterocycles. The van der Waals surface area contributed by atoms with Crippen LogP contribution in [0.5, 0.6) is 0 Å². The van der Waals surface area contributed by atoms with E-state index >= 15 is 0 Å². The van der Waals surface area contributed by atoms with Gasteiger partial charge in [-0.3, -0.25) is 4.79 Å². The fourth-order valence-corrected chi connectivity index (χ4v) is 6.18. The number of likely N-dealkylation sites (tertiary alicyclic amines) is 2. The summed E-state index contributed by atoms with van der Waals surface area (Å²) in [4.78, 5) is 18.1. The minimum absolute atomic E-state index is 0.0163. The molecule has 2 heterocycles. The fraction of sp³-hybridized carbons (Fsp3) is 0.469. The Bertz CT molecular complexity index is 1260. The van der Waals surface area contributed by atoms with E-state index in [1.807, 2.05) is 31.7 Å². The largest absolute Gasteiger partial charge is 0.416 e. The molecule has 2 fully saturated rings. The van der Waals surface area contributed by atoms with Gasteiger partial charge in [-0.15, -0.1) is 0 Å². The lowest BCUT2D eigenvalue weighted by Gasteiger charge is -2.53. The van der Waals surface area contributed by atoms with E-state index in [2.05, 4.69) is 54.7 Å². The van der Waals surface area contributed by atoms with Crippen molar-refractivity contribution >= 4 is 24.9 Å². The monoisotopic (exact) mass is 549 g/mol. The lowest BCUT2D eigenvalue weighted by Crippen LogP contribution is -2.56. The molecule has 1 amide bonds. The number of piperidine rings is 2. The second-order valence-corrected chi connectivity index (χ2v) is 12.5. The number of likely N-dealkylation sites (N-methyl/N-ethyl adjacent to an activating group) is 1. The van der Waals surface area contributed by atoms with Crippen LogP contribution in [0, 0.1) is 10.8 Å². The van der Waals surface area contributed by atoms with E-state index in [4.69, 9.17) is 7.85 Å². The van der Waals surface area contributed by atoms with E-state index in [0.717, 1.165) is 43.6 Å². The molecule has 2 unspecified atom stereocenters. The number of benzene rings is 2. The molecule has 2 aromatic carbocycles. The number of hydrogen-bond donors (Lipinski definition) is 1. The predicted octanol–water partition coefficient (Wildman–Crippen LogP) is 5.72. The van der Waals surface area contributed by atoms with Gasteiger partial charge >= 0.3 is 6.18 Å². The van der Waals surface area contributed by atoms with Crippen LogP contribution in [0.4, 0.5) is 13.2 Å². The van der Waals surface area contributed by atoms with Crippen LogP contribution in [0.1, 0.15) is 62.6 Å². The number of rotatable bonds is 5. The highest BCUT2D eigenvalue weighted by molar-refractivity contribution is 6.34. The smallest absolute Gasteiger partial charge is 0.378 e. The second kappa shape index (κ2) is 11.0. The van der Waals surface area contributed by atoms with Crippen LogP contribution >= 0.6 is 0 Å². The van der Waals surface area contributed by atoms with Crippen molar-refractivity contribution in [2.24, 2.45) is 10.8 Å². The summed E-state index contributed by atoms with van der Waals surface area (Å²) in [5.41, 5.74) is 1.61. The maximum Gasteiger partial charge on any atom is 0.416 e. The lowest BCUT2D eigenvalue weighted by atomic mass is 9.61. The van der Waals surface area contributed by atoms with Gasteiger partial charge in [-0.1, -0.05) is 81.9 Å². The van der Waals surface area contributed by atoms with Crippen molar-refractivity contribution in [1.29, 1.82) is 0 Å². The third kappa shape index (κ3) is 6.11. The van der Waals surface area contributed by atoms with Gasteiger partial charge in [-0.05, 0) is 47.3 Å². The first-order chi connectivity index (χ1) is 18.6. The SMILES string of the molecule is [B]c1ccc(C(F)(F)F)cc1C(=C)NC(C(=O)N1CCC2(CC1)CC(=C)N(C)CC2c1ccccc1)C(C)(C)C. The van der Waals surface area contributed by atoms with Crippen LogP contribution in [0.25, 0.3) is 5.70 Å². The molecule has 2 aliphatic heterocycles. The number of alkyl halides is 3. The van der Waals surface area contributed by atoms with Crippen molar-refractivity contribution < 1.29 is 18.0 Å². The molecular formula is C32H39BF3N3O. The zero-order valence-corrected chi connectivity index (χ0v) is 23.9. The number of nitrogens with zero attached hydrogens (tertiary/aromatic N) is 2. The van der Waals surface area contributed by atoms with Gasteiger partial charge in [0.1, 0.15) is 13.9 Å². The van der Waals surface area contributed by atoms with Crippen molar-refractivity contribution in [1.82, 2.24) is 15.1 Å². The summed E-state index contributed by atoms with van der Waals surface area (Å²) < 4.78 is 40.1. The first kappa shape index (κ1) is 29.8. The summed E-state index contributed by atoms with van der Waals surface area (Å²) in [5, 5.41) is 3.15. The topological polar surface area (TPSA) is 35.6 Å². The Kier molecular flexibility index (Phi) is 8.21. The number of halogens is 3. The molecule has 2 saturated heterocycles. The van der Waals surface area contributed by atoms with Gasteiger partial charge in [0.05, 0.1) is 5.56 Å². The molecule has 2 radical (unpaired) electrons. The van der Waals surface area contributed by atoms with Gasteiger partial charge in [0.2, 0.25) is 5.91 Å². The summed E-state index contributed by atoms with van der Waals surface area (Å²) in [6.07, 6.45) is -1.92. The maximum absolute atomic E-state index is 13.9. The molecule has 0 bridgehead atoms. The molecule has 2 aliphatic rings. The van der Waals surface area contributed by atoms with Crippen molar-refractivity contribution in [3.63, 3.8) is 0 Å². The number of carbonyl (C=O) groups excluding carboxylic acids is 1. The van der Waals surface area contributed by atoms with E-state index in [-0.39, 0.29) is 28.0 Å². The average Bonchev–Trinajstić information content (AvgIpc) is 2.89. The molecule has 1 spiro atoms. The highest BCUT2D eigenvalue weighted by Gasteiger charge is 2.47. The molecule has 2 aromatic rings. The summed E-state index contributed by atoms with van der Waals surface area (Å²) in [7, 11) is 8.12. The standard InChI is InChI=1S/C32H39BF3N3O/c1-21-19-31(26(20-38(21)6)23-10-8-7-9-11-23)14-16-39(17-15-31)29(40)28(30(3,4)5)37-22(2)25-18-24(32(34,35)36)12-13-27(25)33/h7-13,18,26,28,37H,1-2,14-17,19-20H2,3-6H3. The number of carbonyl (C=O) groups is 1. The van der Waals surface area contributed by atoms with Crippen LogP contribution in [0.2, 0.25) is 0 Å². The van der Waals surface area contributed by atoms with Crippen LogP contribution < -0.4 is 10.8 Å². The number of allylic oxidation sites excluding steroid dienone is 1. The van der Waals surface area contributed by atoms with Crippen molar-refractivity contribution in [2.75, 3.05) is 26.7 Å². The minimum atomic E-state index is -4.51. The Morgan fingerprint density at radius 1 is 1.10 bits per heavy atom. The Morgan fingerprint density at radius 2 is 1.73 bits per heavy atom. The lowest BCUT2D eigenvalue weighted by molar-refractivity contribution is -0.139. The van der Waals surface area contributed by atoms with E-state index in [9.17, 15) is 18.0 Å². The third-order valence-corrected chi connectivity index (χ3v) is 8.70. The number of nitrogens with one attached hydrogen (secondary N) is 1. The summed E-state index contributed by atoms with van der Waals surface area (Å²) in [5.74, 6) is 0.249. The van der Waals surface area contributed by atoms with Crippen molar-refractivity contribution in [3.8, 4) is 0 Å².